The quantitative estimate of drug-likeness (QED) is 0.283. The van der Waals surface area contributed by atoms with E-state index in [9.17, 15) is 8.78 Å². The molecule has 2 N–H and O–H groups in total. The highest BCUT2D eigenvalue weighted by molar-refractivity contribution is 6.35. The predicted octanol–water partition coefficient (Wildman–Crippen LogP) is 5.86. The number of halogens is 4. The predicted molar refractivity (Wildman–Crippen MR) is 160 cm³/mol. The van der Waals surface area contributed by atoms with Gasteiger partial charge in [-0.3, -0.25) is 10.00 Å². The number of ether oxygens (including phenoxy) is 1. The van der Waals surface area contributed by atoms with E-state index in [-0.39, 0.29) is 30.0 Å². The number of hydrogen-bond acceptors (Lipinski definition) is 7. The third-order valence-electron chi connectivity index (χ3n) is 10.3. The van der Waals surface area contributed by atoms with Crippen LogP contribution in [0, 0.1) is 12.7 Å². The largest absolute Gasteiger partial charge is 0.461 e. The average Bonchev–Trinajstić information content (AvgIpc) is 3.76. The fourth-order valence-corrected chi connectivity index (χ4v) is 8.35. The summed E-state index contributed by atoms with van der Waals surface area (Å²) >= 11 is 6.94. The molecule has 0 saturated carbocycles. The Morgan fingerprint density at radius 1 is 1.12 bits per heavy atom. The minimum absolute atomic E-state index is 0.0108. The number of H-pyrrole nitrogens is 1. The van der Waals surface area contributed by atoms with Crippen molar-refractivity contribution in [2.24, 2.45) is 0 Å². The Hall–Kier alpha value is -3.15. The molecule has 0 amide bonds. The summed E-state index contributed by atoms with van der Waals surface area (Å²) in [5.74, 6) is 0.157. The van der Waals surface area contributed by atoms with Gasteiger partial charge < -0.3 is 15.0 Å². The molecule has 2 bridgehead atoms. The van der Waals surface area contributed by atoms with Gasteiger partial charge in [0.1, 0.15) is 18.2 Å². The van der Waals surface area contributed by atoms with E-state index in [1.54, 1.807) is 19.2 Å². The van der Waals surface area contributed by atoms with Gasteiger partial charge in [0.05, 0.1) is 28.3 Å². The Bertz CT molecular complexity index is 1740. The van der Waals surface area contributed by atoms with Gasteiger partial charge in [0, 0.05) is 46.1 Å². The van der Waals surface area contributed by atoms with Crippen LogP contribution in [0.5, 0.6) is 6.01 Å². The molecule has 0 spiro atoms. The monoisotopic (exact) mass is 611 g/mol. The maximum Gasteiger partial charge on any atom is 0.319 e. The van der Waals surface area contributed by atoms with Crippen molar-refractivity contribution in [2.75, 3.05) is 37.7 Å². The van der Waals surface area contributed by atoms with Crippen LogP contribution in [0.1, 0.15) is 44.1 Å². The van der Waals surface area contributed by atoms with Gasteiger partial charge in [-0.2, -0.15) is 15.1 Å². The van der Waals surface area contributed by atoms with Gasteiger partial charge in [-0.25, -0.2) is 13.2 Å². The molecule has 2 aromatic heterocycles. The van der Waals surface area contributed by atoms with Gasteiger partial charge in [-0.1, -0.05) is 11.6 Å². The van der Waals surface area contributed by atoms with Crippen LogP contribution in [-0.4, -0.2) is 81.4 Å². The van der Waals surface area contributed by atoms with Crippen molar-refractivity contribution in [3.8, 4) is 17.1 Å². The number of nitrogens with one attached hydrogen (secondary N) is 2. The molecule has 12 heteroatoms. The molecule has 2 atom stereocenters. The third-order valence-corrected chi connectivity index (χ3v) is 10.6. The SMILES string of the molecule is Cc1c(F)cc2[nH]ncc2c1-c1cc2nc(OCC34CCCN3CCC4)nc(N3CC4CCC(C(F)F)(C3)N4)c2cc1Cl. The third kappa shape index (κ3) is 4.29. The lowest BCUT2D eigenvalue weighted by atomic mass is 9.95. The molecule has 226 valence electrons. The molecule has 0 aliphatic carbocycles. The molecule has 4 aliphatic heterocycles. The van der Waals surface area contributed by atoms with Crippen LogP contribution in [0.15, 0.2) is 24.4 Å². The Kier molecular flexibility index (Phi) is 6.33. The molecule has 2 unspecified atom stereocenters. The normalized spacial score (nSPS) is 25.0. The van der Waals surface area contributed by atoms with E-state index in [4.69, 9.17) is 26.3 Å². The van der Waals surface area contributed by atoms with Crippen molar-refractivity contribution in [3.05, 3.63) is 40.8 Å². The molecule has 2 aromatic carbocycles. The Morgan fingerprint density at radius 3 is 2.72 bits per heavy atom. The van der Waals surface area contributed by atoms with Crippen molar-refractivity contribution in [3.63, 3.8) is 0 Å². The Labute approximate surface area is 251 Å². The number of benzene rings is 2. The minimum atomic E-state index is -2.51. The first-order valence-electron chi connectivity index (χ1n) is 15.1. The fraction of sp³-hybridized carbons (Fsp3) is 0.516. The molecule has 6 heterocycles. The second-order valence-electron chi connectivity index (χ2n) is 12.8. The number of piperazine rings is 1. The van der Waals surface area contributed by atoms with Crippen LogP contribution in [0.3, 0.4) is 0 Å². The summed E-state index contributed by atoms with van der Waals surface area (Å²) in [6.07, 6.45) is 4.66. The molecule has 4 fully saturated rings. The van der Waals surface area contributed by atoms with Crippen molar-refractivity contribution in [2.45, 2.75) is 69.0 Å². The summed E-state index contributed by atoms with van der Waals surface area (Å²) in [4.78, 5) is 14.2. The Balaban J connectivity index is 1.26. The number of nitrogens with zero attached hydrogens (tertiary/aromatic N) is 5. The summed E-state index contributed by atoms with van der Waals surface area (Å²) in [6.45, 7) is 4.98. The van der Waals surface area contributed by atoms with Crippen LogP contribution in [0.4, 0.5) is 19.0 Å². The first kappa shape index (κ1) is 27.4. The lowest BCUT2D eigenvalue weighted by Crippen LogP contribution is -2.63. The fourth-order valence-electron chi connectivity index (χ4n) is 8.10. The summed E-state index contributed by atoms with van der Waals surface area (Å²) in [5.41, 5.74) is 1.50. The van der Waals surface area contributed by atoms with Crippen molar-refractivity contribution in [1.29, 1.82) is 0 Å². The highest BCUT2D eigenvalue weighted by atomic mass is 35.5. The van der Waals surface area contributed by atoms with E-state index in [0.717, 1.165) is 44.2 Å². The zero-order valence-electron chi connectivity index (χ0n) is 23.9. The number of fused-ring (bicyclic) bond motifs is 5. The second-order valence-corrected chi connectivity index (χ2v) is 13.2. The lowest BCUT2D eigenvalue weighted by molar-refractivity contribution is 0.0367. The van der Waals surface area contributed by atoms with Gasteiger partial charge in [-0.15, -0.1) is 0 Å². The molecular weight excluding hydrogens is 579 g/mol. The van der Waals surface area contributed by atoms with E-state index in [1.165, 1.54) is 6.07 Å². The first-order chi connectivity index (χ1) is 20.8. The van der Waals surface area contributed by atoms with E-state index in [1.807, 2.05) is 11.0 Å². The average molecular weight is 612 g/mol. The van der Waals surface area contributed by atoms with Crippen molar-refractivity contribution in [1.82, 2.24) is 30.4 Å². The second kappa shape index (κ2) is 9.93. The van der Waals surface area contributed by atoms with Gasteiger partial charge in [-0.05, 0) is 82.3 Å². The van der Waals surface area contributed by atoms with E-state index >= 15 is 4.39 Å². The maximum absolute atomic E-state index is 15.0. The summed E-state index contributed by atoms with van der Waals surface area (Å²) in [6, 6.07) is 5.18. The molecule has 0 radical (unpaired) electrons. The summed E-state index contributed by atoms with van der Waals surface area (Å²) in [5, 5.41) is 11.9. The molecule has 4 saturated heterocycles. The van der Waals surface area contributed by atoms with Gasteiger partial charge in [0.25, 0.3) is 6.43 Å². The van der Waals surface area contributed by atoms with Crippen LogP contribution >= 0.6 is 11.6 Å². The molecule has 43 heavy (non-hydrogen) atoms. The standard InChI is InChI=1S/C31H33ClF3N7O/c1-17-23(33)12-25-21(13-36-40-25)26(17)19-11-24-20(10-22(19)32)27(41-14-18-4-7-31(15-41,39-18)28(34)35)38-29(37-24)43-16-30-5-2-8-42(30)9-3-6-30/h10-13,18,28,39H,2-9,14-16H2,1H3,(H,36,40). The van der Waals surface area contributed by atoms with E-state index < -0.39 is 12.0 Å². The molecule has 4 aliphatic rings. The zero-order valence-corrected chi connectivity index (χ0v) is 24.7. The number of alkyl halides is 2. The number of aromatic amines is 1. The molecule has 8 rings (SSSR count). The van der Waals surface area contributed by atoms with Crippen LogP contribution in [0.2, 0.25) is 5.02 Å². The van der Waals surface area contributed by atoms with Gasteiger partial charge in [0.2, 0.25) is 0 Å². The Morgan fingerprint density at radius 2 is 1.93 bits per heavy atom. The summed E-state index contributed by atoms with van der Waals surface area (Å²) < 4.78 is 50.1. The smallest absolute Gasteiger partial charge is 0.319 e. The van der Waals surface area contributed by atoms with E-state index in [2.05, 4.69) is 20.4 Å². The minimum Gasteiger partial charge on any atom is -0.461 e. The van der Waals surface area contributed by atoms with Crippen LogP contribution in [-0.2, 0) is 0 Å². The van der Waals surface area contributed by atoms with Crippen molar-refractivity contribution >= 4 is 39.2 Å². The zero-order chi connectivity index (χ0) is 29.5. The van der Waals surface area contributed by atoms with Crippen LogP contribution < -0.4 is 15.0 Å². The molecule has 4 aromatic rings. The lowest BCUT2D eigenvalue weighted by Gasteiger charge is -2.41. The highest BCUT2D eigenvalue weighted by Crippen LogP contribution is 2.43. The highest BCUT2D eigenvalue weighted by Gasteiger charge is 2.51. The topological polar surface area (TPSA) is 82.2 Å². The maximum atomic E-state index is 15.0. The molecular formula is C31H33ClF3N7O. The van der Waals surface area contributed by atoms with E-state index in [0.29, 0.717) is 69.9 Å². The number of hydrogen-bond donors (Lipinski definition) is 2. The van der Waals surface area contributed by atoms with Crippen molar-refractivity contribution < 1.29 is 17.9 Å². The number of rotatable bonds is 6. The van der Waals surface area contributed by atoms with Gasteiger partial charge in [0.15, 0.2) is 0 Å². The number of aromatic nitrogens is 4. The number of anilines is 1. The van der Waals surface area contributed by atoms with Crippen LogP contribution in [0.25, 0.3) is 32.9 Å². The first-order valence-corrected chi connectivity index (χ1v) is 15.5. The molecule has 8 nitrogen and oxygen atoms in total. The summed E-state index contributed by atoms with van der Waals surface area (Å²) in [7, 11) is 0. The van der Waals surface area contributed by atoms with Gasteiger partial charge >= 0.3 is 6.01 Å².